The second-order valence-electron chi connectivity index (χ2n) is 5.86. The normalized spacial score (nSPS) is 10.9. The number of anilines is 3. The second-order valence-corrected chi connectivity index (χ2v) is 5.86. The predicted molar refractivity (Wildman–Crippen MR) is 104 cm³/mol. The Labute approximate surface area is 164 Å². The van der Waals surface area contributed by atoms with Crippen LogP contribution in [-0.4, -0.2) is 10.9 Å². The van der Waals surface area contributed by atoms with Gasteiger partial charge in [-0.1, -0.05) is 18.7 Å². The SMILES string of the molecule is C=CC(=O)Nc1ccccc1Nc1cc(Oc2ccc(C(F)(F)F)cc2)ccn1. The first-order valence-electron chi connectivity index (χ1n) is 8.46. The van der Waals surface area contributed by atoms with Crippen LogP contribution in [0.3, 0.4) is 0 Å². The second kappa shape index (κ2) is 8.47. The molecule has 0 radical (unpaired) electrons. The monoisotopic (exact) mass is 399 g/mol. The number of nitrogens with one attached hydrogen (secondary N) is 2. The van der Waals surface area contributed by atoms with Gasteiger partial charge in [0.1, 0.15) is 17.3 Å². The number of carbonyl (C=O) groups excluding carboxylic acids is 1. The molecule has 0 aliphatic heterocycles. The fraction of sp³-hybridized carbons (Fsp3) is 0.0476. The lowest BCUT2D eigenvalue weighted by atomic mass is 10.2. The number of carbonyl (C=O) groups is 1. The number of rotatable bonds is 6. The maximum absolute atomic E-state index is 12.7. The van der Waals surface area contributed by atoms with Gasteiger partial charge in [0, 0.05) is 12.3 Å². The molecule has 0 bridgehead atoms. The number of alkyl halides is 3. The third kappa shape index (κ3) is 5.35. The molecule has 0 aliphatic rings. The standard InChI is InChI=1S/C21H16F3N3O2/c1-2-20(28)27-18-6-4-3-5-17(18)26-19-13-16(11-12-25-19)29-15-9-7-14(8-10-15)21(22,23)24/h2-13H,1H2,(H,25,26)(H,27,28). The number of hydrogen-bond acceptors (Lipinski definition) is 4. The molecule has 0 unspecified atom stereocenters. The van der Waals surface area contributed by atoms with Gasteiger partial charge in [-0.15, -0.1) is 0 Å². The highest BCUT2D eigenvalue weighted by atomic mass is 19.4. The molecule has 1 aromatic heterocycles. The Bertz CT molecular complexity index is 1020. The van der Waals surface area contributed by atoms with E-state index in [0.717, 1.165) is 18.2 Å². The molecule has 0 aliphatic carbocycles. The Balaban J connectivity index is 1.75. The van der Waals surface area contributed by atoms with Crippen molar-refractivity contribution in [3.05, 3.63) is 85.1 Å². The Hall–Kier alpha value is -3.81. The molecule has 3 rings (SSSR count). The highest BCUT2D eigenvalue weighted by Crippen LogP contribution is 2.32. The quantitative estimate of drug-likeness (QED) is 0.517. The molecule has 0 spiro atoms. The highest BCUT2D eigenvalue weighted by molar-refractivity contribution is 6.01. The van der Waals surface area contributed by atoms with Crippen molar-refractivity contribution in [1.82, 2.24) is 4.98 Å². The Kier molecular flexibility index (Phi) is 5.82. The van der Waals surface area contributed by atoms with E-state index in [1.165, 1.54) is 18.3 Å². The summed E-state index contributed by atoms with van der Waals surface area (Å²) in [5.41, 5.74) is 0.384. The topological polar surface area (TPSA) is 63.2 Å². The maximum Gasteiger partial charge on any atom is 0.416 e. The molecular weight excluding hydrogens is 383 g/mol. The molecular formula is C21H16F3N3O2. The van der Waals surface area contributed by atoms with Crippen LogP contribution in [0.2, 0.25) is 0 Å². The summed E-state index contributed by atoms with van der Waals surface area (Å²) in [6, 6.07) is 14.6. The molecule has 3 aromatic rings. The average molecular weight is 399 g/mol. The number of amides is 1. The lowest BCUT2D eigenvalue weighted by molar-refractivity contribution is -0.137. The van der Waals surface area contributed by atoms with Crippen LogP contribution in [-0.2, 0) is 11.0 Å². The van der Waals surface area contributed by atoms with Crippen LogP contribution in [0.4, 0.5) is 30.4 Å². The van der Waals surface area contributed by atoms with Gasteiger partial charge in [0.15, 0.2) is 0 Å². The average Bonchev–Trinajstić information content (AvgIpc) is 2.69. The zero-order chi connectivity index (χ0) is 20.9. The zero-order valence-corrected chi connectivity index (χ0v) is 15.0. The molecule has 2 N–H and O–H groups in total. The number of nitrogens with zero attached hydrogens (tertiary/aromatic N) is 1. The number of halogens is 3. The Morgan fingerprint density at radius 2 is 1.69 bits per heavy atom. The minimum absolute atomic E-state index is 0.258. The Morgan fingerprint density at radius 3 is 2.34 bits per heavy atom. The molecule has 148 valence electrons. The molecule has 0 saturated carbocycles. The smallest absolute Gasteiger partial charge is 0.416 e. The summed E-state index contributed by atoms with van der Waals surface area (Å²) in [6.07, 6.45) is -1.75. The van der Waals surface area contributed by atoms with E-state index in [0.29, 0.717) is 22.9 Å². The number of ether oxygens (including phenoxy) is 1. The maximum atomic E-state index is 12.7. The molecule has 1 amide bonds. The van der Waals surface area contributed by atoms with Crippen molar-refractivity contribution in [2.45, 2.75) is 6.18 Å². The lowest BCUT2D eigenvalue weighted by Gasteiger charge is -2.13. The van der Waals surface area contributed by atoms with E-state index < -0.39 is 11.7 Å². The molecule has 0 atom stereocenters. The van der Waals surface area contributed by atoms with Crippen molar-refractivity contribution in [3.8, 4) is 11.5 Å². The van der Waals surface area contributed by atoms with Crippen LogP contribution in [0.25, 0.3) is 0 Å². The van der Waals surface area contributed by atoms with Gasteiger partial charge >= 0.3 is 6.18 Å². The summed E-state index contributed by atoms with van der Waals surface area (Å²) in [7, 11) is 0. The van der Waals surface area contributed by atoms with E-state index in [1.54, 1.807) is 36.4 Å². The van der Waals surface area contributed by atoms with E-state index in [4.69, 9.17) is 4.74 Å². The molecule has 8 heteroatoms. The summed E-state index contributed by atoms with van der Waals surface area (Å²) < 4.78 is 43.6. The van der Waals surface area contributed by atoms with Gasteiger partial charge in [0.2, 0.25) is 5.91 Å². The minimum Gasteiger partial charge on any atom is -0.457 e. The number of para-hydroxylation sites is 2. The van der Waals surface area contributed by atoms with Crippen molar-refractivity contribution in [1.29, 1.82) is 0 Å². The van der Waals surface area contributed by atoms with E-state index >= 15 is 0 Å². The van der Waals surface area contributed by atoms with Crippen LogP contribution in [0, 0.1) is 0 Å². The van der Waals surface area contributed by atoms with Gasteiger partial charge in [-0.3, -0.25) is 4.79 Å². The summed E-state index contributed by atoms with van der Waals surface area (Å²) in [5.74, 6) is 0.713. The molecule has 1 heterocycles. The molecule has 0 saturated heterocycles. The molecule has 0 fully saturated rings. The van der Waals surface area contributed by atoms with Gasteiger partial charge in [0.05, 0.1) is 16.9 Å². The summed E-state index contributed by atoms with van der Waals surface area (Å²) in [5, 5.41) is 5.75. The van der Waals surface area contributed by atoms with Crippen molar-refractivity contribution in [2.75, 3.05) is 10.6 Å². The van der Waals surface area contributed by atoms with Crippen LogP contribution < -0.4 is 15.4 Å². The van der Waals surface area contributed by atoms with E-state index in [1.807, 2.05) is 0 Å². The predicted octanol–water partition coefficient (Wildman–Crippen LogP) is 5.76. The largest absolute Gasteiger partial charge is 0.457 e. The fourth-order valence-electron chi connectivity index (χ4n) is 2.41. The first-order valence-corrected chi connectivity index (χ1v) is 8.46. The number of pyridine rings is 1. The van der Waals surface area contributed by atoms with Gasteiger partial charge in [0.25, 0.3) is 0 Å². The van der Waals surface area contributed by atoms with Crippen LogP contribution >= 0.6 is 0 Å². The van der Waals surface area contributed by atoms with E-state index in [9.17, 15) is 18.0 Å². The zero-order valence-electron chi connectivity index (χ0n) is 15.0. The number of benzene rings is 2. The Morgan fingerprint density at radius 1 is 1.00 bits per heavy atom. The third-order valence-corrected chi connectivity index (χ3v) is 3.78. The molecule has 29 heavy (non-hydrogen) atoms. The van der Waals surface area contributed by atoms with E-state index in [-0.39, 0.29) is 11.7 Å². The third-order valence-electron chi connectivity index (χ3n) is 3.78. The number of hydrogen-bond donors (Lipinski definition) is 2. The lowest BCUT2D eigenvalue weighted by Crippen LogP contribution is -2.09. The van der Waals surface area contributed by atoms with Gasteiger partial charge in [-0.25, -0.2) is 4.98 Å². The van der Waals surface area contributed by atoms with Crippen molar-refractivity contribution < 1.29 is 22.7 Å². The molecule has 5 nitrogen and oxygen atoms in total. The van der Waals surface area contributed by atoms with Gasteiger partial charge in [-0.2, -0.15) is 13.2 Å². The van der Waals surface area contributed by atoms with Crippen LogP contribution in [0.5, 0.6) is 11.5 Å². The summed E-state index contributed by atoms with van der Waals surface area (Å²) >= 11 is 0. The molecule has 2 aromatic carbocycles. The first-order chi connectivity index (χ1) is 13.8. The first kappa shape index (κ1) is 19.9. The van der Waals surface area contributed by atoms with Gasteiger partial charge < -0.3 is 15.4 Å². The fourth-order valence-corrected chi connectivity index (χ4v) is 2.41. The van der Waals surface area contributed by atoms with Gasteiger partial charge in [-0.05, 0) is 48.5 Å². The highest BCUT2D eigenvalue weighted by Gasteiger charge is 2.30. The number of aromatic nitrogens is 1. The van der Waals surface area contributed by atoms with Crippen molar-refractivity contribution in [3.63, 3.8) is 0 Å². The van der Waals surface area contributed by atoms with Crippen molar-refractivity contribution in [2.24, 2.45) is 0 Å². The van der Waals surface area contributed by atoms with E-state index in [2.05, 4.69) is 22.2 Å². The van der Waals surface area contributed by atoms with Crippen LogP contribution in [0.15, 0.2) is 79.5 Å². The van der Waals surface area contributed by atoms with Crippen molar-refractivity contribution >= 4 is 23.1 Å². The summed E-state index contributed by atoms with van der Waals surface area (Å²) in [4.78, 5) is 15.8. The summed E-state index contributed by atoms with van der Waals surface area (Å²) in [6.45, 7) is 3.42. The van der Waals surface area contributed by atoms with Crippen LogP contribution in [0.1, 0.15) is 5.56 Å². The minimum atomic E-state index is -4.40.